The van der Waals surface area contributed by atoms with E-state index in [9.17, 15) is 18.5 Å². The molecule has 0 saturated carbocycles. The van der Waals surface area contributed by atoms with Crippen molar-refractivity contribution in [2.75, 3.05) is 19.6 Å². The van der Waals surface area contributed by atoms with Crippen molar-refractivity contribution in [2.45, 2.75) is 17.7 Å². The fourth-order valence-electron chi connectivity index (χ4n) is 2.45. The van der Waals surface area contributed by atoms with E-state index in [1.54, 1.807) is 0 Å². The molecule has 2 N–H and O–H groups in total. The smallest absolute Gasteiger partial charge is 0.289 e. The number of rotatable bonds is 5. The Bertz CT molecular complexity index is 602. The molecule has 2 rings (SSSR count). The number of hydrogen-bond donors (Lipinski definition) is 1. The summed E-state index contributed by atoms with van der Waals surface area (Å²) >= 11 is 0. The lowest BCUT2D eigenvalue weighted by molar-refractivity contribution is -0.387. The van der Waals surface area contributed by atoms with Crippen molar-refractivity contribution >= 4 is 15.7 Å². The van der Waals surface area contributed by atoms with Crippen LogP contribution in [0.2, 0.25) is 0 Å². The number of benzene rings is 1. The molecule has 1 fully saturated rings. The summed E-state index contributed by atoms with van der Waals surface area (Å²) in [7, 11) is -3.81. The number of nitro groups is 1. The van der Waals surface area contributed by atoms with E-state index in [-0.39, 0.29) is 16.5 Å². The van der Waals surface area contributed by atoms with Gasteiger partial charge in [-0.3, -0.25) is 10.1 Å². The van der Waals surface area contributed by atoms with Crippen LogP contribution in [0.1, 0.15) is 12.8 Å². The quantitative estimate of drug-likeness (QED) is 0.643. The van der Waals surface area contributed by atoms with Crippen LogP contribution in [-0.2, 0) is 10.0 Å². The van der Waals surface area contributed by atoms with Gasteiger partial charge in [-0.25, -0.2) is 8.42 Å². The van der Waals surface area contributed by atoms with Gasteiger partial charge in [0.2, 0.25) is 10.0 Å². The van der Waals surface area contributed by atoms with E-state index in [0.29, 0.717) is 19.6 Å². The number of hydrogen-bond acceptors (Lipinski definition) is 5. The fourth-order valence-corrected chi connectivity index (χ4v) is 4.14. The predicted octanol–water partition coefficient (Wildman–Crippen LogP) is 0.954. The van der Waals surface area contributed by atoms with E-state index < -0.39 is 14.9 Å². The van der Waals surface area contributed by atoms with Crippen LogP contribution < -0.4 is 5.73 Å². The van der Waals surface area contributed by atoms with E-state index >= 15 is 0 Å². The average Bonchev–Trinajstić information content (AvgIpc) is 2.88. The van der Waals surface area contributed by atoms with Gasteiger partial charge < -0.3 is 5.73 Å². The molecule has 0 radical (unpaired) electrons. The summed E-state index contributed by atoms with van der Waals surface area (Å²) in [4.78, 5) is 10.1. The van der Waals surface area contributed by atoms with Crippen LogP contribution >= 0.6 is 0 Å². The summed E-state index contributed by atoms with van der Waals surface area (Å²) in [5.41, 5.74) is 5.10. The maximum absolute atomic E-state index is 12.5. The lowest BCUT2D eigenvalue weighted by atomic mass is 10.1. The fraction of sp³-hybridized carbons (Fsp3) is 0.500. The van der Waals surface area contributed by atoms with Crippen molar-refractivity contribution in [2.24, 2.45) is 11.7 Å². The van der Waals surface area contributed by atoms with Crippen LogP contribution in [0.4, 0.5) is 5.69 Å². The lowest BCUT2D eigenvalue weighted by Gasteiger charge is -2.16. The molecule has 0 aliphatic carbocycles. The largest absolute Gasteiger partial charge is 0.330 e. The van der Waals surface area contributed by atoms with Gasteiger partial charge in [-0.15, -0.1) is 0 Å². The molecular formula is C12H17N3O4S. The Hall–Kier alpha value is -1.51. The first-order chi connectivity index (χ1) is 9.46. The van der Waals surface area contributed by atoms with Gasteiger partial charge in [0.05, 0.1) is 4.92 Å². The first-order valence-corrected chi connectivity index (χ1v) is 7.84. The second kappa shape index (κ2) is 5.86. The second-order valence-electron chi connectivity index (χ2n) is 4.82. The molecule has 110 valence electrons. The molecule has 1 atom stereocenters. The third-order valence-electron chi connectivity index (χ3n) is 3.50. The van der Waals surface area contributed by atoms with Gasteiger partial charge in [-0.1, -0.05) is 12.1 Å². The van der Waals surface area contributed by atoms with Gasteiger partial charge in [-0.05, 0) is 31.4 Å². The van der Waals surface area contributed by atoms with Gasteiger partial charge in [0.25, 0.3) is 5.69 Å². The number of para-hydroxylation sites is 1. The van der Waals surface area contributed by atoms with Crippen molar-refractivity contribution in [3.63, 3.8) is 0 Å². The standard InChI is InChI=1S/C12H17N3O4S/c13-7-5-10-6-8-14(9-10)20(18,19)12-4-2-1-3-11(12)15(16)17/h1-4,10H,5-9,13H2. The summed E-state index contributed by atoms with van der Waals surface area (Å²) in [5.74, 6) is 0.234. The molecule has 1 heterocycles. The SMILES string of the molecule is NCCC1CCN(S(=O)(=O)c2ccccc2[N+](=O)[O-])C1. The van der Waals surface area contributed by atoms with Gasteiger partial charge in [0, 0.05) is 19.2 Å². The van der Waals surface area contributed by atoms with Crippen molar-refractivity contribution < 1.29 is 13.3 Å². The highest BCUT2D eigenvalue weighted by molar-refractivity contribution is 7.89. The Morgan fingerprint density at radius 3 is 2.75 bits per heavy atom. The maximum atomic E-state index is 12.5. The maximum Gasteiger partial charge on any atom is 0.289 e. The first-order valence-electron chi connectivity index (χ1n) is 6.40. The van der Waals surface area contributed by atoms with Crippen molar-refractivity contribution in [1.29, 1.82) is 0 Å². The molecule has 0 bridgehead atoms. The van der Waals surface area contributed by atoms with E-state index in [2.05, 4.69) is 0 Å². The number of nitro benzene ring substituents is 1. The van der Waals surface area contributed by atoms with Crippen molar-refractivity contribution in [1.82, 2.24) is 4.31 Å². The summed E-state index contributed by atoms with van der Waals surface area (Å²) in [6.45, 7) is 1.29. The van der Waals surface area contributed by atoms with E-state index in [1.807, 2.05) is 0 Å². The minimum atomic E-state index is -3.81. The predicted molar refractivity (Wildman–Crippen MR) is 73.6 cm³/mol. The molecule has 1 aromatic carbocycles. The monoisotopic (exact) mass is 299 g/mol. The lowest BCUT2D eigenvalue weighted by Crippen LogP contribution is -2.29. The zero-order chi connectivity index (χ0) is 14.8. The number of sulfonamides is 1. The van der Waals surface area contributed by atoms with Gasteiger partial charge >= 0.3 is 0 Å². The molecule has 1 saturated heterocycles. The molecule has 0 spiro atoms. The van der Waals surface area contributed by atoms with Crippen molar-refractivity contribution in [3.05, 3.63) is 34.4 Å². The summed E-state index contributed by atoms with van der Waals surface area (Å²) < 4.78 is 26.3. The molecule has 7 nitrogen and oxygen atoms in total. The zero-order valence-corrected chi connectivity index (χ0v) is 11.8. The minimum absolute atomic E-state index is 0.234. The molecule has 0 amide bonds. The Morgan fingerprint density at radius 2 is 2.10 bits per heavy atom. The third kappa shape index (κ3) is 2.82. The van der Waals surface area contributed by atoms with Crippen LogP contribution in [0.5, 0.6) is 0 Å². The Morgan fingerprint density at radius 1 is 1.40 bits per heavy atom. The Balaban J connectivity index is 2.30. The molecule has 1 unspecified atom stereocenters. The zero-order valence-electron chi connectivity index (χ0n) is 10.9. The molecular weight excluding hydrogens is 282 g/mol. The molecule has 1 aliphatic heterocycles. The van der Waals surface area contributed by atoms with Crippen LogP contribution in [0.25, 0.3) is 0 Å². The number of nitrogens with zero attached hydrogens (tertiary/aromatic N) is 2. The Labute approximate surface area is 117 Å². The minimum Gasteiger partial charge on any atom is -0.330 e. The molecule has 8 heteroatoms. The molecule has 20 heavy (non-hydrogen) atoms. The normalized spacial score (nSPS) is 20.1. The average molecular weight is 299 g/mol. The summed E-state index contributed by atoms with van der Waals surface area (Å²) in [5, 5.41) is 11.0. The number of nitrogens with two attached hydrogens (primary N) is 1. The van der Waals surface area contributed by atoms with Crippen LogP contribution in [0, 0.1) is 16.0 Å². The highest BCUT2D eigenvalue weighted by atomic mass is 32.2. The molecule has 1 aliphatic rings. The van der Waals surface area contributed by atoms with Gasteiger partial charge in [-0.2, -0.15) is 4.31 Å². The summed E-state index contributed by atoms with van der Waals surface area (Å²) in [6.07, 6.45) is 1.51. The van der Waals surface area contributed by atoms with E-state index in [0.717, 1.165) is 12.8 Å². The topological polar surface area (TPSA) is 107 Å². The highest BCUT2D eigenvalue weighted by Gasteiger charge is 2.35. The van der Waals surface area contributed by atoms with Crippen LogP contribution in [0.3, 0.4) is 0 Å². The van der Waals surface area contributed by atoms with E-state index in [4.69, 9.17) is 5.73 Å². The molecule has 0 aromatic heterocycles. The summed E-state index contributed by atoms with van der Waals surface area (Å²) in [6, 6.07) is 5.44. The van der Waals surface area contributed by atoms with Crippen LogP contribution in [-0.4, -0.2) is 37.3 Å². The first kappa shape index (κ1) is 14.9. The Kier molecular flexibility index (Phi) is 4.36. The van der Waals surface area contributed by atoms with Crippen molar-refractivity contribution in [3.8, 4) is 0 Å². The van der Waals surface area contributed by atoms with E-state index in [1.165, 1.54) is 28.6 Å². The highest BCUT2D eigenvalue weighted by Crippen LogP contribution is 2.30. The second-order valence-corrected chi connectivity index (χ2v) is 6.73. The van der Waals surface area contributed by atoms with Crippen LogP contribution in [0.15, 0.2) is 29.2 Å². The molecule has 1 aromatic rings. The van der Waals surface area contributed by atoms with Gasteiger partial charge in [0.1, 0.15) is 0 Å². The van der Waals surface area contributed by atoms with Gasteiger partial charge in [0.15, 0.2) is 4.90 Å². The third-order valence-corrected chi connectivity index (χ3v) is 5.42.